The number of aryl methyl sites for hydroxylation is 1. The number of urea groups is 1. The topological polar surface area (TPSA) is 45.2 Å². The fourth-order valence-electron chi connectivity index (χ4n) is 2.73. The summed E-state index contributed by atoms with van der Waals surface area (Å²) in [6.07, 6.45) is 5.35. The van der Waals surface area contributed by atoms with Gasteiger partial charge in [-0.3, -0.25) is 4.98 Å². The average molecular weight is 267 g/mol. The van der Waals surface area contributed by atoms with Gasteiger partial charge in [-0.2, -0.15) is 0 Å². The van der Waals surface area contributed by atoms with E-state index in [0.29, 0.717) is 0 Å². The molecule has 4 heteroatoms. The van der Waals surface area contributed by atoms with Crippen LogP contribution in [0.25, 0.3) is 0 Å². The summed E-state index contributed by atoms with van der Waals surface area (Å²) in [6, 6.07) is 12.0. The van der Waals surface area contributed by atoms with E-state index in [-0.39, 0.29) is 12.1 Å². The van der Waals surface area contributed by atoms with Crippen LogP contribution in [0.4, 0.5) is 10.5 Å². The maximum absolute atomic E-state index is 12.3. The van der Waals surface area contributed by atoms with Crippen molar-refractivity contribution in [2.24, 2.45) is 0 Å². The molecule has 2 amide bonds. The summed E-state index contributed by atoms with van der Waals surface area (Å²) in [5, 5.41) is 2.87. The molecule has 0 radical (unpaired) electrons. The van der Waals surface area contributed by atoms with Crippen LogP contribution in [-0.4, -0.2) is 23.0 Å². The Balaban J connectivity index is 1.74. The molecule has 1 N–H and O–H groups in total. The number of fused-ring (bicyclic) bond motifs is 1. The zero-order valence-electron chi connectivity index (χ0n) is 11.4. The molecule has 1 aliphatic carbocycles. The van der Waals surface area contributed by atoms with E-state index in [1.165, 1.54) is 11.1 Å². The molecule has 0 bridgehead atoms. The van der Waals surface area contributed by atoms with Crippen molar-refractivity contribution < 1.29 is 4.79 Å². The molecule has 20 heavy (non-hydrogen) atoms. The maximum Gasteiger partial charge on any atom is 0.322 e. The van der Waals surface area contributed by atoms with Crippen molar-refractivity contribution in [3.05, 3.63) is 59.9 Å². The van der Waals surface area contributed by atoms with E-state index < -0.39 is 0 Å². The summed E-state index contributed by atoms with van der Waals surface area (Å²) in [4.78, 5) is 18.1. The number of amides is 2. The Morgan fingerprint density at radius 2 is 2.15 bits per heavy atom. The highest BCUT2D eigenvalue weighted by Gasteiger charge is 2.28. The SMILES string of the molecule is CN(C(=O)Nc1cccnc1)C1CCc2ccccc21. The van der Waals surface area contributed by atoms with Crippen molar-refractivity contribution in [3.8, 4) is 0 Å². The normalized spacial score (nSPS) is 16.6. The number of hydrogen-bond donors (Lipinski definition) is 1. The van der Waals surface area contributed by atoms with E-state index in [1.54, 1.807) is 23.4 Å². The van der Waals surface area contributed by atoms with Crippen molar-refractivity contribution in [1.82, 2.24) is 9.88 Å². The maximum atomic E-state index is 12.3. The van der Waals surface area contributed by atoms with E-state index in [4.69, 9.17) is 0 Å². The molecular weight excluding hydrogens is 250 g/mol. The highest BCUT2D eigenvalue weighted by atomic mass is 16.2. The lowest BCUT2D eigenvalue weighted by Gasteiger charge is -2.25. The number of benzene rings is 1. The van der Waals surface area contributed by atoms with Crippen LogP contribution >= 0.6 is 0 Å². The third-order valence-corrected chi connectivity index (χ3v) is 3.80. The zero-order chi connectivity index (χ0) is 13.9. The molecule has 0 saturated heterocycles. The van der Waals surface area contributed by atoms with Gasteiger partial charge in [0.15, 0.2) is 0 Å². The molecule has 1 unspecified atom stereocenters. The Kier molecular flexibility index (Phi) is 3.37. The van der Waals surface area contributed by atoms with Gasteiger partial charge >= 0.3 is 6.03 Å². The predicted molar refractivity (Wildman–Crippen MR) is 78.5 cm³/mol. The quantitative estimate of drug-likeness (QED) is 0.908. The van der Waals surface area contributed by atoms with Crippen LogP contribution in [0.5, 0.6) is 0 Å². The second kappa shape index (κ2) is 5.33. The number of carbonyl (C=O) groups is 1. The second-order valence-electron chi connectivity index (χ2n) is 5.04. The molecule has 1 atom stereocenters. The number of carbonyl (C=O) groups excluding carboxylic acids is 1. The minimum atomic E-state index is -0.0975. The lowest BCUT2D eigenvalue weighted by atomic mass is 10.1. The fourth-order valence-corrected chi connectivity index (χ4v) is 2.73. The van der Waals surface area contributed by atoms with E-state index in [2.05, 4.69) is 28.5 Å². The zero-order valence-corrected chi connectivity index (χ0v) is 11.4. The third kappa shape index (κ3) is 2.37. The second-order valence-corrected chi connectivity index (χ2v) is 5.04. The number of nitrogens with zero attached hydrogens (tertiary/aromatic N) is 2. The largest absolute Gasteiger partial charge is 0.322 e. The monoisotopic (exact) mass is 267 g/mol. The van der Waals surface area contributed by atoms with Crippen molar-refractivity contribution in [2.45, 2.75) is 18.9 Å². The fraction of sp³-hybridized carbons (Fsp3) is 0.250. The summed E-state index contributed by atoms with van der Waals surface area (Å²) in [5.41, 5.74) is 3.32. The summed E-state index contributed by atoms with van der Waals surface area (Å²) >= 11 is 0. The first-order valence-electron chi connectivity index (χ1n) is 6.77. The van der Waals surface area contributed by atoms with Gasteiger partial charge < -0.3 is 10.2 Å². The highest BCUT2D eigenvalue weighted by Crippen LogP contribution is 2.34. The van der Waals surface area contributed by atoms with E-state index >= 15 is 0 Å². The number of rotatable bonds is 2. The summed E-state index contributed by atoms with van der Waals surface area (Å²) in [5.74, 6) is 0. The minimum Gasteiger partial charge on any atom is -0.321 e. The summed E-state index contributed by atoms with van der Waals surface area (Å²) < 4.78 is 0. The number of aromatic nitrogens is 1. The lowest BCUT2D eigenvalue weighted by molar-refractivity contribution is 0.204. The molecule has 0 aliphatic heterocycles. The highest BCUT2D eigenvalue weighted by molar-refractivity contribution is 5.89. The van der Waals surface area contributed by atoms with Crippen LogP contribution in [0.2, 0.25) is 0 Å². The van der Waals surface area contributed by atoms with Crippen LogP contribution in [0.3, 0.4) is 0 Å². The average Bonchev–Trinajstić information content (AvgIpc) is 2.91. The summed E-state index contributed by atoms with van der Waals surface area (Å²) in [7, 11) is 1.85. The Morgan fingerprint density at radius 1 is 1.30 bits per heavy atom. The van der Waals surface area contributed by atoms with Gasteiger partial charge in [-0.25, -0.2) is 4.79 Å². The molecule has 2 aromatic rings. The molecule has 1 aliphatic rings. The molecule has 0 saturated carbocycles. The Hall–Kier alpha value is -2.36. The minimum absolute atomic E-state index is 0.0975. The van der Waals surface area contributed by atoms with E-state index in [0.717, 1.165) is 18.5 Å². The standard InChI is InChI=1S/C16H17N3O/c1-19(16(20)18-13-6-4-10-17-11-13)15-9-8-12-5-2-3-7-14(12)15/h2-7,10-11,15H,8-9H2,1H3,(H,18,20). The van der Waals surface area contributed by atoms with Gasteiger partial charge in [-0.1, -0.05) is 24.3 Å². The van der Waals surface area contributed by atoms with Gasteiger partial charge in [-0.05, 0) is 36.1 Å². The molecule has 1 heterocycles. The molecule has 102 valence electrons. The number of anilines is 1. The van der Waals surface area contributed by atoms with Crippen LogP contribution in [-0.2, 0) is 6.42 Å². The Labute approximate surface area is 118 Å². The number of nitrogens with one attached hydrogen (secondary N) is 1. The van der Waals surface area contributed by atoms with Gasteiger partial charge in [0.2, 0.25) is 0 Å². The molecule has 1 aromatic carbocycles. The molecule has 4 nitrogen and oxygen atoms in total. The first-order valence-corrected chi connectivity index (χ1v) is 6.77. The van der Waals surface area contributed by atoms with Crippen LogP contribution in [0.15, 0.2) is 48.8 Å². The first-order chi connectivity index (χ1) is 9.75. The van der Waals surface area contributed by atoms with Crippen molar-refractivity contribution in [1.29, 1.82) is 0 Å². The summed E-state index contributed by atoms with van der Waals surface area (Å²) in [6.45, 7) is 0. The molecular formula is C16H17N3O. The smallest absolute Gasteiger partial charge is 0.321 e. The van der Waals surface area contributed by atoms with Crippen LogP contribution < -0.4 is 5.32 Å². The van der Waals surface area contributed by atoms with Gasteiger partial charge in [0.25, 0.3) is 0 Å². The van der Waals surface area contributed by atoms with Gasteiger partial charge in [0.1, 0.15) is 0 Å². The van der Waals surface area contributed by atoms with Crippen LogP contribution in [0.1, 0.15) is 23.6 Å². The predicted octanol–water partition coefficient (Wildman–Crippen LogP) is 3.23. The Bertz CT molecular complexity index is 612. The lowest BCUT2D eigenvalue weighted by Crippen LogP contribution is -2.34. The van der Waals surface area contributed by atoms with Crippen molar-refractivity contribution in [3.63, 3.8) is 0 Å². The third-order valence-electron chi connectivity index (χ3n) is 3.80. The first kappa shape index (κ1) is 12.7. The van der Waals surface area contributed by atoms with E-state index in [1.807, 2.05) is 19.2 Å². The number of pyridine rings is 1. The van der Waals surface area contributed by atoms with Gasteiger partial charge in [0, 0.05) is 13.2 Å². The number of hydrogen-bond acceptors (Lipinski definition) is 2. The Morgan fingerprint density at radius 3 is 2.95 bits per heavy atom. The van der Waals surface area contributed by atoms with Gasteiger partial charge in [0.05, 0.1) is 17.9 Å². The van der Waals surface area contributed by atoms with Crippen molar-refractivity contribution in [2.75, 3.05) is 12.4 Å². The van der Waals surface area contributed by atoms with E-state index in [9.17, 15) is 4.79 Å². The van der Waals surface area contributed by atoms with Gasteiger partial charge in [-0.15, -0.1) is 0 Å². The molecule has 3 rings (SSSR count). The van der Waals surface area contributed by atoms with Crippen LogP contribution in [0, 0.1) is 0 Å². The molecule has 1 aromatic heterocycles. The molecule has 0 fully saturated rings. The molecule has 0 spiro atoms. The van der Waals surface area contributed by atoms with Crippen molar-refractivity contribution >= 4 is 11.7 Å².